The zero-order valence-corrected chi connectivity index (χ0v) is 14.6. The highest BCUT2D eigenvalue weighted by molar-refractivity contribution is 7.89. The van der Waals surface area contributed by atoms with Gasteiger partial charge >= 0.3 is 0 Å². The maximum absolute atomic E-state index is 12.3. The van der Waals surface area contributed by atoms with Gasteiger partial charge in [0.2, 0.25) is 10.0 Å². The van der Waals surface area contributed by atoms with Crippen molar-refractivity contribution >= 4 is 26.6 Å². The first-order valence-electron chi connectivity index (χ1n) is 7.60. The Morgan fingerprint density at radius 3 is 2.71 bits per heavy atom. The second-order valence-corrected chi connectivity index (χ2v) is 8.05. The highest BCUT2D eigenvalue weighted by Gasteiger charge is 2.18. The molecule has 0 spiro atoms. The summed E-state index contributed by atoms with van der Waals surface area (Å²) in [5.41, 5.74) is 2.84. The molecule has 24 heavy (non-hydrogen) atoms. The van der Waals surface area contributed by atoms with Gasteiger partial charge in [0.05, 0.1) is 16.6 Å². The summed E-state index contributed by atoms with van der Waals surface area (Å²) in [6.07, 6.45) is 1.77. The molecule has 2 aromatic carbocycles. The summed E-state index contributed by atoms with van der Waals surface area (Å²) in [5.74, 6) is 0. The summed E-state index contributed by atoms with van der Waals surface area (Å²) < 4.78 is 25.8. The topological polar surface area (TPSA) is 78.1 Å². The lowest BCUT2D eigenvalue weighted by molar-refractivity contribution is 0.520. The number of benzene rings is 2. The van der Waals surface area contributed by atoms with Gasteiger partial charge in [-0.2, -0.15) is 5.10 Å². The van der Waals surface area contributed by atoms with Crippen LogP contribution in [0.4, 0.5) is 5.69 Å². The number of anilines is 1. The van der Waals surface area contributed by atoms with Gasteiger partial charge in [-0.1, -0.05) is 12.1 Å². The molecule has 3 aromatic rings. The average molecular weight is 344 g/mol. The minimum absolute atomic E-state index is 0.0355. The van der Waals surface area contributed by atoms with Gasteiger partial charge in [-0.25, -0.2) is 12.7 Å². The first-order chi connectivity index (χ1) is 11.4. The quantitative estimate of drug-likeness (QED) is 0.746. The molecule has 7 heteroatoms. The van der Waals surface area contributed by atoms with E-state index < -0.39 is 10.0 Å². The molecule has 0 radical (unpaired) electrons. The summed E-state index contributed by atoms with van der Waals surface area (Å²) in [6, 6.07) is 12.9. The van der Waals surface area contributed by atoms with Crippen LogP contribution in [-0.4, -0.2) is 37.0 Å². The van der Waals surface area contributed by atoms with Crippen molar-refractivity contribution in [1.29, 1.82) is 0 Å². The number of nitrogens with one attached hydrogen (secondary N) is 2. The summed E-state index contributed by atoms with van der Waals surface area (Å²) in [7, 11) is -0.371. The van der Waals surface area contributed by atoms with Crippen molar-refractivity contribution in [1.82, 2.24) is 14.5 Å². The van der Waals surface area contributed by atoms with E-state index >= 15 is 0 Å². The normalized spacial score (nSPS) is 13.3. The third-order valence-corrected chi connectivity index (χ3v) is 5.77. The molecule has 0 aliphatic carbocycles. The van der Waals surface area contributed by atoms with Gasteiger partial charge in [-0.05, 0) is 42.8 Å². The highest BCUT2D eigenvalue weighted by atomic mass is 32.2. The molecule has 0 saturated carbocycles. The molecule has 1 heterocycles. The van der Waals surface area contributed by atoms with Gasteiger partial charge in [0.15, 0.2) is 0 Å². The Bertz CT molecular complexity index is 963. The third kappa shape index (κ3) is 3.13. The Kier molecular flexibility index (Phi) is 4.29. The second kappa shape index (κ2) is 6.26. The molecule has 1 atom stereocenters. The molecular formula is C17H20N4O2S. The van der Waals surface area contributed by atoms with Crippen molar-refractivity contribution in [2.24, 2.45) is 0 Å². The molecule has 1 unspecified atom stereocenters. The molecule has 0 saturated heterocycles. The van der Waals surface area contributed by atoms with Gasteiger partial charge in [0.1, 0.15) is 0 Å². The van der Waals surface area contributed by atoms with Crippen molar-refractivity contribution in [2.45, 2.75) is 17.9 Å². The van der Waals surface area contributed by atoms with E-state index in [0.717, 1.165) is 22.2 Å². The number of hydrogen-bond donors (Lipinski definition) is 2. The van der Waals surface area contributed by atoms with Crippen LogP contribution in [0.15, 0.2) is 53.6 Å². The fourth-order valence-electron chi connectivity index (χ4n) is 2.52. The number of sulfonamides is 1. The van der Waals surface area contributed by atoms with Crippen LogP contribution < -0.4 is 5.32 Å². The number of aromatic nitrogens is 2. The Balaban J connectivity index is 1.86. The van der Waals surface area contributed by atoms with Gasteiger partial charge in [0.25, 0.3) is 0 Å². The zero-order chi connectivity index (χ0) is 17.3. The number of fused-ring (bicyclic) bond motifs is 1. The molecule has 126 valence electrons. The van der Waals surface area contributed by atoms with Crippen LogP contribution in [0, 0.1) is 0 Å². The smallest absolute Gasteiger partial charge is 0.242 e. The Morgan fingerprint density at radius 1 is 1.17 bits per heavy atom. The predicted molar refractivity (Wildman–Crippen MR) is 95.4 cm³/mol. The predicted octanol–water partition coefficient (Wildman–Crippen LogP) is 2.99. The molecule has 0 fully saturated rings. The summed E-state index contributed by atoms with van der Waals surface area (Å²) in [6.45, 7) is 2.00. The molecule has 0 aliphatic heterocycles. The Morgan fingerprint density at radius 2 is 1.96 bits per heavy atom. The van der Waals surface area contributed by atoms with Crippen molar-refractivity contribution in [3.8, 4) is 0 Å². The summed E-state index contributed by atoms with van der Waals surface area (Å²) in [4.78, 5) is 0.295. The molecule has 6 nitrogen and oxygen atoms in total. The summed E-state index contributed by atoms with van der Waals surface area (Å²) >= 11 is 0. The number of H-pyrrole nitrogens is 1. The lowest BCUT2D eigenvalue weighted by atomic mass is 10.1. The van der Waals surface area contributed by atoms with Crippen LogP contribution in [-0.2, 0) is 10.0 Å². The van der Waals surface area contributed by atoms with Gasteiger partial charge in [-0.15, -0.1) is 0 Å². The van der Waals surface area contributed by atoms with Gasteiger partial charge in [0, 0.05) is 31.2 Å². The zero-order valence-electron chi connectivity index (χ0n) is 13.8. The largest absolute Gasteiger partial charge is 0.379 e. The van der Waals surface area contributed by atoms with E-state index in [1.54, 1.807) is 24.4 Å². The van der Waals surface area contributed by atoms with Gasteiger partial charge in [-0.3, -0.25) is 5.10 Å². The second-order valence-electron chi connectivity index (χ2n) is 5.90. The van der Waals surface area contributed by atoms with Crippen LogP contribution in [0.2, 0.25) is 0 Å². The van der Waals surface area contributed by atoms with E-state index in [1.807, 2.05) is 31.2 Å². The fourth-order valence-corrected chi connectivity index (χ4v) is 3.48. The average Bonchev–Trinajstić information content (AvgIpc) is 3.02. The van der Waals surface area contributed by atoms with Crippen molar-refractivity contribution in [3.05, 3.63) is 54.2 Å². The van der Waals surface area contributed by atoms with Crippen LogP contribution in [0.25, 0.3) is 10.9 Å². The first-order valence-corrected chi connectivity index (χ1v) is 9.04. The first kappa shape index (κ1) is 16.5. The molecular weight excluding hydrogens is 324 g/mol. The monoisotopic (exact) mass is 344 g/mol. The molecule has 1 aromatic heterocycles. The Labute approximate surface area is 141 Å². The lowest BCUT2D eigenvalue weighted by Gasteiger charge is -2.18. The van der Waals surface area contributed by atoms with Crippen molar-refractivity contribution in [2.75, 3.05) is 19.4 Å². The van der Waals surface area contributed by atoms with Crippen LogP contribution in [0.5, 0.6) is 0 Å². The van der Waals surface area contributed by atoms with E-state index in [-0.39, 0.29) is 6.04 Å². The molecule has 3 rings (SSSR count). The number of aromatic amines is 1. The number of nitrogens with zero attached hydrogens (tertiary/aromatic N) is 2. The maximum Gasteiger partial charge on any atom is 0.242 e. The number of hydrogen-bond acceptors (Lipinski definition) is 4. The van der Waals surface area contributed by atoms with E-state index in [4.69, 9.17) is 0 Å². The lowest BCUT2D eigenvalue weighted by Crippen LogP contribution is -2.22. The maximum atomic E-state index is 12.3. The number of rotatable bonds is 5. The van der Waals surface area contributed by atoms with E-state index in [2.05, 4.69) is 15.5 Å². The fraction of sp³-hybridized carbons (Fsp3) is 0.235. The minimum atomic E-state index is -3.43. The molecule has 2 N–H and O–H groups in total. The molecule has 0 aliphatic rings. The van der Waals surface area contributed by atoms with E-state index in [0.29, 0.717) is 4.90 Å². The SMILES string of the molecule is CC(Nc1ccc2[nH]ncc2c1)c1cccc(S(=O)(=O)N(C)C)c1. The summed E-state index contributed by atoms with van der Waals surface area (Å²) in [5, 5.41) is 11.4. The van der Waals surface area contributed by atoms with Gasteiger partial charge < -0.3 is 5.32 Å². The minimum Gasteiger partial charge on any atom is -0.379 e. The van der Waals surface area contributed by atoms with Crippen LogP contribution >= 0.6 is 0 Å². The standard InChI is InChI=1S/C17H20N4O2S/c1-12(19-15-7-8-17-14(9-15)11-18-20-17)13-5-4-6-16(10-13)24(22,23)21(2)3/h4-12,19H,1-3H3,(H,18,20). The Hall–Kier alpha value is -2.38. The van der Waals surface area contributed by atoms with Crippen LogP contribution in [0.3, 0.4) is 0 Å². The van der Waals surface area contributed by atoms with Crippen molar-refractivity contribution in [3.63, 3.8) is 0 Å². The van der Waals surface area contributed by atoms with E-state index in [9.17, 15) is 8.42 Å². The van der Waals surface area contributed by atoms with E-state index in [1.165, 1.54) is 18.4 Å². The van der Waals surface area contributed by atoms with Crippen LogP contribution in [0.1, 0.15) is 18.5 Å². The highest BCUT2D eigenvalue weighted by Crippen LogP contribution is 2.24. The third-order valence-electron chi connectivity index (χ3n) is 3.96. The molecule has 0 bridgehead atoms. The molecule has 0 amide bonds. The van der Waals surface area contributed by atoms with Crippen molar-refractivity contribution < 1.29 is 8.42 Å².